The van der Waals surface area contributed by atoms with Crippen LogP contribution in [0.4, 0.5) is 5.82 Å². The molecule has 4 rings (SSSR count). The van der Waals surface area contributed by atoms with Crippen LogP contribution in [0, 0.1) is 12.8 Å². The highest BCUT2D eigenvalue weighted by atomic mass is 32.1. The summed E-state index contributed by atoms with van der Waals surface area (Å²) < 4.78 is 2.01. The van der Waals surface area contributed by atoms with Crippen LogP contribution in [-0.4, -0.2) is 19.7 Å². The monoisotopic (exact) mass is 355 g/mol. The number of thiophene rings is 1. The quantitative estimate of drug-likeness (QED) is 0.752. The molecule has 132 valence electrons. The van der Waals surface area contributed by atoms with E-state index in [-0.39, 0.29) is 6.04 Å². The first-order valence-corrected chi connectivity index (χ1v) is 9.93. The zero-order valence-electron chi connectivity index (χ0n) is 15.3. The third-order valence-electron chi connectivity index (χ3n) is 4.94. The average Bonchev–Trinajstić information content (AvgIpc) is 3.12. The number of hydrogen-bond donors (Lipinski definition) is 1. The molecule has 3 heterocycles. The summed E-state index contributed by atoms with van der Waals surface area (Å²) in [4.78, 5) is 10.5. The van der Waals surface area contributed by atoms with E-state index < -0.39 is 0 Å². The number of nitrogens with zero attached hydrogens (tertiary/aromatic N) is 4. The summed E-state index contributed by atoms with van der Waals surface area (Å²) in [6.45, 7) is 6.49. The standard InChI is InChI=1S/C19H25N5S/c1-11(2)8-13-10-25-19-17(13)18(21-12(3)22-19)23-15-6-5-7-16-14(15)9-20-24(16)4/h9-11,15H,5-8H2,1-4H3,(H,21,22,23). The summed E-state index contributed by atoms with van der Waals surface area (Å²) in [5.74, 6) is 2.43. The van der Waals surface area contributed by atoms with Crippen LogP contribution in [0.15, 0.2) is 11.6 Å². The molecule has 1 aliphatic rings. The largest absolute Gasteiger partial charge is 0.362 e. The van der Waals surface area contributed by atoms with Crippen LogP contribution in [-0.2, 0) is 19.9 Å². The Morgan fingerprint density at radius 1 is 1.36 bits per heavy atom. The van der Waals surface area contributed by atoms with Gasteiger partial charge in [-0.2, -0.15) is 5.10 Å². The molecule has 5 nitrogen and oxygen atoms in total. The summed E-state index contributed by atoms with van der Waals surface area (Å²) in [7, 11) is 2.04. The van der Waals surface area contributed by atoms with Crippen molar-refractivity contribution in [2.75, 3.05) is 5.32 Å². The normalized spacial score (nSPS) is 17.2. The minimum Gasteiger partial charge on any atom is -0.362 e. The summed E-state index contributed by atoms with van der Waals surface area (Å²) >= 11 is 1.73. The SMILES string of the molecule is Cc1nc(NC2CCCc3c2cnn3C)c2c(CC(C)C)csc2n1. The molecule has 0 radical (unpaired) electrons. The lowest BCUT2D eigenvalue weighted by molar-refractivity contribution is 0.570. The summed E-state index contributed by atoms with van der Waals surface area (Å²) in [5.41, 5.74) is 4.03. The highest BCUT2D eigenvalue weighted by molar-refractivity contribution is 7.17. The molecule has 0 bridgehead atoms. The Kier molecular flexibility index (Phi) is 4.23. The predicted molar refractivity (Wildman–Crippen MR) is 103 cm³/mol. The minimum atomic E-state index is 0.279. The molecule has 3 aromatic heterocycles. The molecule has 0 saturated carbocycles. The molecule has 6 heteroatoms. The molecule has 0 fully saturated rings. The molecule has 0 saturated heterocycles. The van der Waals surface area contributed by atoms with Gasteiger partial charge in [0, 0.05) is 18.3 Å². The number of rotatable bonds is 4. The van der Waals surface area contributed by atoms with Crippen molar-refractivity contribution in [2.45, 2.75) is 52.5 Å². The molecule has 1 N–H and O–H groups in total. The van der Waals surface area contributed by atoms with Crippen LogP contribution in [0.2, 0.25) is 0 Å². The predicted octanol–water partition coefficient (Wildman–Crippen LogP) is 4.42. The first kappa shape index (κ1) is 16.5. The van der Waals surface area contributed by atoms with Crippen LogP contribution >= 0.6 is 11.3 Å². The van der Waals surface area contributed by atoms with Gasteiger partial charge < -0.3 is 5.32 Å². The highest BCUT2D eigenvalue weighted by Crippen LogP contribution is 2.36. The van der Waals surface area contributed by atoms with E-state index in [1.54, 1.807) is 11.3 Å². The van der Waals surface area contributed by atoms with Crippen LogP contribution in [0.5, 0.6) is 0 Å². The van der Waals surface area contributed by atoms with Gasteiger partial charge in [-0.25, -0.2) is 9.97 Å². The molecular formula is C19H25N5S. The molecule has 1 aliphatic carbocycles. The van der Waals surface area contributed by atoms with E-state index in [2.05, 4.69) is 34.6 Å². The zero-order chi connectivity index (χ0) is 17.6. The molecule has 0 spiro atoms. The number of nitrogens with one attached hydrogen (secondary N) is 1. The van der Waals surface area contributed by atoms with Gasteiger partial charge in [-0.05, 0) is 49.5 Å². The second-order valence-electron chi connectivity index (χ2n) is 7.42. The molecule has 3 aromatic rings. The second kappa shape index (κ2) is 6.41. The lowest BCUT2D eigenvalue weighted by Gasteiger charge is -2.25. The van der Waals surface area contributed by atoms with Gasteiger partial charge in [0.15, 0.2) is 0 Å². The van der Waals surface area contributed by atoms with E-state index in [1.807, 2.05) is 24.9 Å². The smallest absolute Gasteiger partial charge is 0.139 e. The Balaban J connectivity index is 1.75. The maximum atomic E-state index is 4.77. The fraction of sp³-hybridized carbons (Fsp3) is 0.526. The van der Waals surface area contributed by atoms with Crippen LogP contribution < -0.4 is 5.32 Å². The maximum Gasteiger partial charge on any atom is 0.139 e. The Labute approximate surface area is 152 Å². The van der Waals surface area contributed by atoms with Crippen molar-refractivity contribution in [3.63, 3.8) is 0 Å². The molecule has 1 atom stereocenters. The average molecular weight is 356 g/mol. The van der Waals surface area contributed by atoms with Crippen molar-refractivity contribution < 1.29 is 0 Å². The lowest BCUT2D eigenvalue weighted by atomic mass is 9.93. The van der Waals surface area contributed by atoms with Crippen molar-refractivity contribution in [1.29, 1.82) is 0 Å². The maximum absolute atomic E-state index is 4.77. The van der Waals surface area contributed by atoms with E-state index in [0.29, 0.717) is 5.92 Å². The Hall–Kier alpha value is -1.95. The first-order chi connectivity index (χ1) is 12.0. The highest BCUT2D eigenvalue weighted by Gasteiger charge is 2.25. The van der Waals surface area contributed by atoms with Gasteiger partial charge in [0.05, 0.1) is 17.6 Å². The van der Waals surface area contributed by atoms with E-state index in [4.69, 9.17) is 4.98 Å². The number of anilines is 1. The molecule has 0 aliphatic heterocycles. The second-order valence-corrected chi connectivity index (χ2v) is 8.28. The van der Waals surface area contributed by atoms with Gasteiger partial charge >= 0.3 is 0 Å². The zero-order valence-corrected chi connectivity index (χ0v) is 16.2. The molecule has 0 amide bonds. The van der Waals surface area contributed by atoms with Crippen molar-refractivity contribution in [1.82, 2.24) is 19.7 Å². The lowest BCUT2D eigenvalue weighted by Crippen LogP contribution is -2.19. The van der Waals surface area contributed by atoms with Gasteiger partial charge in [-0.15, -0.1) is 11.3 Å². The summed E-state index contributed by atoms with van der Waals surface area (Å²) in [5, 5.41) is 11.7. The molecular weight excluding hydrogens is 330 g/mol. The van der Waals surface area contributed by atoms with E-state index in [0.717, 1.165) is 35.7 Å². The fourth-order valence-corrected chi connectivity index (χ4v) is 4.82. The van der Waals surface area contributed by atoms with Gasteiger partial charge in [-0.3, -0.25) is 4.68 Å². The first-order valence-electron chi connectivity index (χ1n) is 9.05. The van der Waals surface area contributed by atoms with Crippen LogP contribution in [0.25, 0.3) is 10.2 Å². The number of aromatic nitrogens is 4. The van der Waals surface area contributed by atoms with Crippen molar-refractivity contribution in [2.24, 2.45) is 13.0 Å². The Morgan fingerprint density at radius 2 is 2.20 bits per heavy atom. The van der Waals surface area contributed by atoms with E-state index in [9.17, 15) is 0 Å². The third-order valence-corrected chi connectivity index (χ3v) is 5.86. The summed E-state index contributed by atoms with van der Waals surface area (Å²) in [6.07, 6.45) is 6.48. The topological polar surface area (TPSA) is 55.6 Å². The number of aryl methyl sites for hydroxylation is 2. The molecule has 1 unspecified atom stereocenters. The number of fused-ring (bicyclic) bond motifs is 2. The molecule has 0 aromatic carbocycles. The third kappa shape index (κ3) is 3.03. The Bertz CT molecular complexity index is 908. The van der Waals surface area contributed by atoms with Gasteiger partial charge in [0.2, 0.25) is 0 Å². The summed E-state index contributed by atoms with van der Waals surface area (Å²) in [6, 6.07) is 0.279. The minimum absolute atomic E-state index is 0.279. The van der Waals surface area contributed by atoms with E-state index >= 15 is 0 Å². The van der Waals surface area contributed by atoms with Crippen molar-refractivity contribution in [3.05, 3.63) is 34.2 Å². The fourth-order valence-electron chi connectivity index (χ4n) is 3.82. The van der Waals surface area contributed by atoms with Crippen molar-refractivity contribution >= 4 is 27.4 Å². The van der Waals surface area contributed by atoms with Crippen LogP contribution in [0.1, 0.15) is 55.4 Å². The van der Waals surface area contributed by atoms with E-state index in [1.165, 1.54) is 28.6 Å². The Morgan fingerprint density at radius 3 is 3.00 bits per heavy atom. The van der Waals surface area contributed by atoms with Crippen molar-refractivity contribution in [3.8, 4) is 0 Å². The van der Waals surface area contributed by atoms with Gasteiger partial charge in [0.1, 0.15) is 16.5 Å². The number of hydrogen-bond acceptors (Lipinski definition) is 5. The van der Waals surface area contributed by atoms with Gasteiger partial charge in [-0.1, -0.05) is 13.8 Å². The van der Waals surface area contributed by atoms with Crippen LogP contribution in [0.3, 0.4) is 0 Å². The van der Waals surface area contributed by atoms with Gasteiger partial charge in [0.25, 0.3) is 0 Å². The molecule has 25 heavy (non-hydrogen) atoms.